The molecule has 1 N–H and O–H groups in total. The molecule has 4 heteroatoms. The van der Waals surface area contributed by atoms with E-state index in [0.717, 1.165) is 85.3 Å². The van der Waals surface area contributed by atoms with Gasteiger partial charge < -0.3 is 10.2 Å². The van der Waals surface area contributed by atoms with Crippen LogP contribution in [0.3, 0.4) is 0 Å². The average Bonchev–Trinajstić information content (AvgIpc) is 2.81. The van der Waals surface area contributed by atoms with E-state index in [4.69, 9.17) is 0 Å². The summed E-state index contributed by atoms with van der Waals surface area (Å²) in [5, 5.41) is 3.14. The fraction of sp³-hybridized carbons (Fsp3) is 0.458. The molecular formula is C24H29FN2O. The molecule has 4 rings (SSSR count). The second kappa shape index (κ2) is 7.23. The largest absolute Gasteiger partial charge is 0.358 e. The highest BCUT2D eigenvalue weighted by Gasteiger charge is 2.35. The summed E-state index contributed by atoms with van der Waals surface area (Å²) in [6.07, 6.45) is 7.88. The normalized spacial score (nSPS) is 22.4. The molecule has 2 heterocycles. The van der Waals surface area contributed by atoms with Crippen LogP contribution in [0.2, 0.25) is 0 Å². The van der Waals surface area contributed by atoms with Gasteiger partial charge in [-0.2, -0.15) is 0 Å². The average molecular weight is 381 g/mol. The maximum Gasteiger partial charge on any atom is 0.252 e. The quantitative estimate of drug-likeness (QED) is 0.793. The number of piperidine rings is 1. The third-order valence-electron chi connectivity index (χ3n) is 6.74. The Kier molecular flexibility index (Phi) is 4.90. The lowest BCUT2D eigenvalue weighted by atomic mass is 9.73. The van der Waals surface area contributed by atoms with Gasteiger partial charge in [0.1, 0.15) is 11.6 Å². The van der Waals surface area contributed by atoms with Crippen molar-refractivity contribution < 1.29 is 9.18 Å². The predicted octanol–water partition coefficient (Wildman–Crippen LogP) is 4.89. The van der Waals surface area contributed by atoms with Crippen LogP contribution in [0.1, 0.15) is 56.6 Å². The van der Waals surface area contributed by atoms with Gasteiger partial charge in [-0.25, -0.2) is 4.39 Å². The van der Waals surface area contributed by atoms with Gasteiger partial charge in [-0.3, -0.25) is 4.79 Å². The summed E-state index contributed by atoms with van der Waals surface area (Å²) in [4.78, 5) is 15.0. The zero-order valence-electron chi connectivity index (χ0n) is 16.9. The maximum atomic E-state index is 13.8. The van der Waals surface area contributed by atoms with Gasteiger partial charge in [-0.15, -0.1) is 0 Å². The third kappa shape index (κ3) is 3.41. The number of benzene rings is 1. The first-order valence-electron chi connectivity index (χ1n) is 10.3. The molecule has 0 spiro atoms. The van der Waals surface area contributed by atoms with E-state index >= 15 is 0 Å². The van der Waals surface area contributed by atoms with Gasteiger partial charge >= 0.3 is 0 Å². The van der Waals surface area contributed by atoms with Crippen molar-refractivity contribution in [2.75, 3.05) is 13.1 Å². The van der Waals surface area contributed by atoms with Crippen LogP contribution >= 0.6 is 0 Å². The van der Waals surface area contributed by atoms with Crippen LogP contribution < -0.4 is 5.32 Å². The minimum absolute atomic E-state index is 0.0360. The Morgan fingerprint density at radius 1 is 1.14 bits per heavy atom. The van der Waals surface area contributed by atoms with Gasteiger partial charge in [-0.1, -0.05) is 19.6 Å². The van der Waals surface area contributed by atoms with Crippen molar-refractivity contribution in [3.63, 3.8) is 0 Å². The molecule has 3 aliphatic rings. The molecule has 2 aliphatic heterocycles. The molecule has 28 heavy (non-hydrogen) atoms. The highest BCUT2D eigenvalue weighted by molar-refractivity contribution is 5.97. The third-order valence-corrected chi connectivity index (χ3v) is 6.74. The number of likely N-dealkylation sites (tertiary alicyclic amines) is 1. The number of hydrogen-bond donors (Lipinski definition) is 1. The van der Waals surface area contributed by atoms with Gasteiger partial charge in [0.05, 0.1) is 0 Å². The number of rotatable bonds is 2. The van der Waals surface area contributed by atoms with Crippen LogP contribution in [0.15, 0.2) is 53.4 Å². The molecule has 1 aliphatic carbocycles. The molecule has 0 unspecified atom stereocenters. The predicted molar refractivity (Wildman–Crippen MR) is 110 cm³/mol. The molecule has 1 aromatic carbocycles. The Balaban J connectivity index is 1.52. The van der Waals surface area contributed by atoms with Crippen molar-refractivity contribution >= 4 is 5.91 Å². The summed E-state index contributed by atoms with van der Waals surface area (Å²) < 4.78 is 13.8. The monoisotopic (exact) mass is 380 g/mol. The van der Waals surface area contributed by atoms with E-state index in [0.29, 0.717) is 0 Å². The van der Waals surface area contributed by atoms with Gasteiger partial charge in [0.25, 0.3) is 5.91 Å². The number of halogens is 1. The van der Waals surface area contributed by atoms with E-state index in [1.165, 1.54) is 6.07 Å². The Hall–Kier alpha value is -2.36. The summed E-state index contributed by atoms with van der Waals surface area (Å²) in [6, 6.07) is 5.09. The summed E-state index contributed by atoms with van der Waals surface area (Å²) in [5.41, 5.74) is 5.22. The smallest absolute Gasteiger partial charge is 0.252 e. The molecule has 1 amide bonds. The second-order valence-electron chi connectivity index (χ2n) is 8.68. The van der Waals surface area contributed by atoms with Crippen molar-refractivity contribution in [3.8, 4) is 0 Å². The fourth-order valence-electron chi connectivity index (χ4n) is 4.92. The Morgan fingerprint density at radius 2 is 1.82 bits per heavy atom. The summed E-state index contributed by atoms with van der Waals surface area (Å²) in [7, 11) is 0. The van der Waals surface area contributed by atoms with E-state index in [1.807, 2.05) is 12.1 Å². The van der Waals surface area contributed by atoms with Crippen LogP contribution in [-0.4, -0.2) is 23.9 Å². The number of carbonyl (C=O) groups is 1. The lowest BCUT2D eigenvalue weighted by Crippen LogP contribution is -2.44. The molecular weight excluding hydrogens is 351 g/mol. The van der Waals surface area contributed by atoms with E-state index in [9.17, 15) is 9.18 Å². The molecule has 1 aromatic rings. The topological polar surface area (TPSA) is 32.3 Å². The van der Waals surface area contributed by atoms with Crippen molar-refractivity contribution in [1.82, 2.24) is 10.2 Å². The molecule has 0 radical (unpaired) electrons. The van der Waals surface area contributed by atoms with E-state index in [1.54, 1.807) is 6.07 Å². The first-order valence-corrected chi connectivity index (χ1v) is 10.3. The standard InChI is InChI=1S/C24H29FN2O/c1-16-8-9-18(25)15-21(16)24(3)10-12-27(13-11-24)22-14-17(2)19-6-4-5-7-20(19)23(28)26-22/h8-9,14-15H,2,4-7,10-13H2,1,3H3,(H,26,28). The van der Waals surface area contributed by atoms with Crippen molar-refractivity contribution in [1.29, 1.82) is 0 Å². The van der Waals surface area contributed by atoms with Crippen LogP contribution in [0, 0.1) is 12.7 Å². The van der Waals surface area contributed by atoms with Crippen molar-refractivity contribution in [2.45, 2.75) is 57.8 Å². The number of allylic oxidation sites excluding steroid dienone is 3. The maximum absolute atomic E-state index is 13.8. The Labute approximate surface area is 167 Å². The van der Waals surface area contributed by atoms with Crippen molar-refractivity contribution in [3.05, 3.63) is 70.3 Å². The minimum Gasteiger partial charge on any atom is -0.358 e. The number of carbonyl (C=O) groups excluding carboxylic acids is 1. The molecule has 0 saturated carbocycles. The number of nitrogens with zero attached hydrogens (tertiary/aromatic N) is 1. The van der Waals surface area contributed by atoms with Gasteiger partial charge in [-0.05, 0) is 91.3 Å². The highest BCUT2D eigenvalue weighted by Crippen LogP contribution is 2.39. The van der Waals surface area contributed by atoms with E-state index < -0.39 is 0 Å². The van der Waals surface area contributed by atoms with Crippen molar-refractivity contribution in [2.24, 2.45) is 0 Å². The Bertz CT molecular complexity index is 888. The zero-order chi connectivity index (χ0) is 19.9. The van der Waals surface area contributed by atoms with E-state index in [2.05, 4.69) is 30.6 Å². The lowest BCUT2D eigenvalue weighted by molar-refractivity contribution is -0.117. The van der Waals surface area contributed by atoms with Crippen LogP contribution in [-0.2, 0) is 10.2 Å². The van der Waals surface area contributed by atoms with Crippen LogP contribution in [0.4, 0.5) is 4.39 Å². The molecule has 0 aromatic heterocycles. The van der Waals surface area contributed by atoms with Gasteiger partial charge in [0, 0.05) is 18.7 Å². The molecule has 1 fully saturated rings. The first-order chi connectivity index (χ1) is 13.4. The number of hydrogen-bond acceptors (Lipinski definition) is 2. The molecule has 0 bridgehead atoms. The summed E-state index contributed by atoms with van der Waals surface area (Å²) in [6.45, 7) is 10.2. The zero-order valence-corrected chi connectivity index (χ0v) is 16.9. The summed E-state index contributed by atoms with van der Waals surface area (Å²) >= 11 is 0. The number of aryl methyl sites for hydroxylation is 1. The molecule has 3 nitrogen and oxygen atoms in total. The number of amides is 1. The lowest BCUT2D eigenvalue weighted by Gasteiger charge is -2.42. The highest BCUT2D eigenvalue weighted by atomic mass is 19.1. The first kappa shape index (κ1) is 19.0. The van der Waals surface area contributed by atoms with Gasteiger partial charge in [0.2, 0.25) is 0 Å². The summed E-state index contributed by atoms with van der Waals surface area (Å²) in [5.74, 6) is 0.729. The Morgan fingerprint density at radius 3 is 2.54 bits per heavy atom. The minimum atomic E-state index is -0.170. The van der Waals surface area contributed by atoms with E-state index in [-0.39, 0.29) is 17.1 Å². The van der Waals surface area contributed by atoms with Crippen LogP contribution in [0.5, 0.6) is 0 Å². The SMILES string of the molecule is C=C1C=C(N2CCC(C)(c3cc(F)ccc3C)CC2)NC(=O)C2=C1CCCC2. The molecule has 148 valence electrons. The fourth-order valence-corrected chi connectivity index (χ4v) is 4.92. The van der Waals surface area contributed by atoms with Crippen LogP contribution in [0.25, 0.3) is 0 Å². The number of nitrogens with one attached hydrogen (secondary N) is 1. The molecule has 1 saturated heterocycles. The second-order valence-corrected chi connectivity index (χ2v) is 8.68. The van der Waals surface area contributed by atoms with Gasteiger partial charge in [0.15, 0.2) is 0 Å². The molecule has 0 atom stereocenters.